The van der Waals surface area contributed by atoms with E-state index in [0.29, 0.717) is 5.75 Å². The van der Waals surface area contributed by atoms with E-state index in [-0.39, 0.29) is 0 Å². The van der Waals surface area contributed by atoms with Gasteiger partial charge in [-0.15, -0.1) is 0 Å². The Hall–Kier alpha value is -2.48. The lowest BCUT2D eigenvalue weighted by Crippen LogP contribution is -1.93. The van der Waals surface area contributed by atoms with Gasteiger partial charge in [0, 0.05) is 28.2 Å². The van der Waals surface area contributed by atoms with E-state index in [1.165, 1.54) is 27.2 Å². The number of phenolic OH excluding ortho intramolecular Hbond substituents is 1. The van der Waals surface area contributed by atoms with E-state index in [1.807, 2.05) is 12.1 Å². The number of fused-ring (bicyclic) bond motifs is 5. The molecule has 0 aliphatic carbocycles. The second-order valence-electron chi connectivity index (χ2n) is 5.13. The van der Waals surface area contributed by atoms with Gasteiger partial charge in [0.15, 0.2) is 0 Å². The molecule has 0 unspecified atom stereocenters. The summed E-state index contributed by atoms with van der Waals surface area (Å²) in [4.78, 5) is 0. The number of phenols is 1. The van der Waals surface area contributed by atoms with Crippen LogP contribution in [0.2, 0.25) is 0 Å². The highest BCUT2D eigenvalue weighted by Crippen LogP contribution is 2.35. The van der Waals surface area contributed by atoms with Crippen molar-refractivity contribution in [3.05, 3.63) is 54.6 Å². The van der Waals surface area contributed by atoms with Crippen LogP contribution in [0, 0.1) is 0 Å². The maximum absolute atomic E-state index is 9.78. The van der Waals surface area contributed by atoms with Crippen LogP contribution in [0.15, 0.2) is 54.6 Å². The molecule has 0 saturated carbocycles. The highest BCUT2D eigenvalue weighted by molar-refractivity contribution is 6.17. The minimum Gasteiger partial charge on any atom is -0.508 e. The number of benzene rings is 3. The van der Waals surface area contributed by atoms with Crippen LogP contribution in [0.4, 0.5) is 0 Å². The van der Waals surface area contributed by atoms with E-state index in [9.17, 15) is 5.11 Å². The molecule has 0 bridgehead atoms. The standard InChI is InChI=1S/C18H15NO/c1-2-19-17-10-8-13(20)11-16(17)15-9-7-12-5-3-4-6-14(12)18(15)19/h3-11,20H,2H2,1H3. The molecule has 0 fully saturated rings. The Kier molecular flexibility index (Phi) is 2.27. The van der Waals surface area contributed by atoms with Crippen molar-refractivity contribution in [2.24, 2.45) is 0 Å². The number of rotatable bonds is 1. The second kappa shape index (κ2) is 4.01. The van der Waals surface area contributed by atoms with Crippen LogP contribution in [-0.2, 0) is 6.54 Å². The molecule has 1 N–H and O–H groups in total. The van der Waals surface area contributed by atoms with E-state index >= 15 is 0 Å². The van der Waals surface area contributed by atoms with Gasteiger partial charge in [0.2, 0.25) is 0 Å². The third kappa shape index (κ3) is 1.39. The maximum atomic E-state index is 9.78. The molecule has 1 heterocycles. The molecule has 98 valence electrons. The molecule has 3 aromatic carbocycles. The summed E-state index contributed by atoms with van der Waals surface area (Å²) in [6.45, 7) is 3.08. The van der Waals surface area contributed by atoms with Gasteiger partial charge < -0.3 is 9.67 Å². The smallest absolute Gasteiger partial charge is 0.116 e. The normalized spacial score (nSPS) is 11.7. The van der Waals surface area contributed by atoms with Crippen molar-refractivity contribution < 1.29 is 5.11 Å². The summed E-state index contributed by atoms with van der Waals surface area (Å²) >= 11 is 0. The Morgan fingerprint density at radius 2 is 1.75 bits per heavy atom. The Bertz CT molecular complexity index is 950. The number of hydrogen-bond acceptors (Lipinski definition) is 1. The molecule has 0 amide bonds. The van der Waals surface area contributed by atoms with Crippen LogP contribution in [-0.4, -0.2) is 9.67 Å². The molecule has 1 aromatic heterocycles. The summed E-state index contributed by atoms with van der Waals surface area (Å²) in [6, 6.07) is 18.4. The van der Waals surface area contributed by atoms with E-state index < -0.39 is 0 Å². The first-order valence-corrected chi connectivity index (χ1v) is 6.92. The van der Waals surface area contributed by atoms with Crippen LogP contribution >= 0.6 is 0 Å². The van der Waals surface area contributed by atoms with Crippen molar-refractivity contribution in [2.45, 2.75) is 13.5 Å². The fourth-order valence-electron chi connectivity index (χ4n) is 3.19. The number of aryl methyl sites for hydroxylation is 1. The molecule has 20 heavy (non-hydrogen) atoms. The predicted octanol–water partition coefficient (Wildman–Crippen LogP) is 4.67. The largest absolute Gasteiger partial charge is 0.508 e. The van der Waals surface area contributed by atoms with Crippen LogP contribution in [0.1, 0.15) is 6.92 Å². The zero-order chi connectivity index (χ0) is 13.7. The third-order valence-electron chi connectivity index (χ3n) is 4.05. The minimum absolute atomic E-state index is 0.320. The van der Waals surface area contributed by atoms with Crippen molar-refractivity contribution in [1.29, 1.82) is 0 Å². The van der Waals surface area contributed by atoms with Crippen LogP contribution in [0.3, 0.4) is 0 Å². The van der Waals surface area contributed by atoms with Crippen molar-refractivity contribution in [2.75, 3.05) is 0 Å². The molecule has 0 aliphatic rings. The maximum Gasteiger partial charge on any atom is 0.116 e. The molecule has 4 aromatic rings. The highest BCUT2D eigenvalue weighted by Gasteiger charge is 2.12. The van der Waals surface area contributed by atoms with Gasteiger partial charge in [-0.2, -0.15) is 0 Å². The predicted molar refractivity (Wildman–Crippen MR) is 84.3 cm³/mol. The topological polar surface area (TPSA) is 25.2 Å². The van der Waals surface area contributed by atoms with Gasteiger partial charge >= 0.3 is 0 Å². The van der Waals surface area contributed by atoms with Crippen LogP contribution < -0.4 is 0 Å². The molecule has 2 nitrogen and oxygen atoms in total. The van der Waals surface area contributed by atoms with Gasteiger partial charge in [0.25, 0.3) is 0 Å². The fraction of sp³-hybridized carbons (Fsp3) is 0.111. The summed E-state index contributed by atoms with van der Waals surface area (Å²) in [7, 11) is 0. The number of aromatic hydroxyl groups is 1. The molecule has 4 rings (SSSR count). The number of aromatic nitrogens is 1. The lowest BCUT2D eigenvalue weighted by molar-refractivity contribution is 0.476. The van der Waals surface area contributed by atoms with Crippen molar-refractivity contribution in [3.63, 3.8) is 0 Å². The SMILES string of the molecule is CCn1c2ccc(O)cc2c2ccc3ccccc3c21. The van der Waals surface area contributed by atoms with Crippen molar-refractivity contribution in [1.82, 2.24) is 4.57 Å². The molecular weight excluding hydrogens is 246 g/mol. The van der Waals surface area contributed by atoms with E-state index in [0.717, 1.165) is 11.9 Å². The molecular formula is C18H15NO. The summed E-state index contributed by atoms with van der Waals surface area (Å²) in [6.07, 6.45) is 0. The zero-order valence-electron chi connectivity index (χ0n) is 11.3. The lowest BCUT2D eigenvalue weighted by atomic mass is 10.1. The summed E-state index contributed by atoms with van der Waals surface area (Å²) in [5.41, 5.74) is 2.43. The summed E-state index contributed by atoms with van der Waals surface area (Å²) in [5.74, 6) is 0.320. The van der Waals surface area contributed by atoms with E-state index in [4.69, 9.17) is 0 Å². The summed E-state index contributed by atoms with van der Waals surface area (Å²) < 4.78 is 2.33. The number of hydrogen-bond donors (Lipinski definition) is 1. The molecule has 2 heteroatoms. The molecule has 0 spiro atoms. The molecule has 0 aliphatic heterocycles. The monoisotopic (exact) mass is 261 g/mol. The van der Waals surface area contributed by atoms with Gasteiger partial charge in [-0.3, -0.25) is 0 Å². The lowest BCUT2D eigenvalue weighted by Gasteiger charge is -2.06. The molecule has 0 radical (unpaired) electrons. The van der Waals surface area contributed by atoms with E-state index in [1.54, 1.807) is 6.07 Å². The fourth-order valence-corrected chi connectivity index (χ4v) is 3.19. The Balaban J connectivity index is 2.34. The second-order valence-corrected chi connectivity index (χ2v) is 5.13. The van der Waals surface area contributed by atoms with Crippen molar-refractivity contribution in [3.8, 4) is 5.75 Å². The third-order valence-corrected chi connectivity index (χ3v) is 4.05. The molecule has 0 saturated heterocycles. The van der Waals surface area contributed by atoms with E-state index in [2.05, 4.69) is 47.9 Å². The Morgan fingerprint density at radius 1 is 0.900 bits per heavy atom. The number of nitrogens with zero attached hydrogens (tertiary/aromatic N) is 1. The van der Waals surface area contributed by atoms with Crippen LogP contribution in [0.25, 0.3) is 32.6 Å². The van der Waals surface area contributed by atoms with Gasteiger partial charge in [-0.05, 0) is 30.5 Å². The van der Waals surface area contributed by atoms with Gasteiger partial charge in [0.1, 0.15) is 5.75 Å². The first-order chi connectivity index (χ1) is 9.79. The average Bonchev–Trinajstić information content (AvgIpc) is 2.80. The van der Waals surface area contributed by atoms with Gasteiger partial charge in [0.05, 0.1) is 5.52 Å². The highest BCUT2D eigenvalue weighted by atomic mass is 16.3. The minimum atomic E-state index is 0.320. The zero-order valence-corrected chi connectivity index (χ0v) is 11.3. The van der Waals surface area contributed by atoms with Crippen molar-refractivity contribution >= 4 is 32.6 Å². The molecule has 0 atom stereocenters. The van der Waals surface area contributed by atoms with Gasteiger partial charge in [-0.25, -0.2) is 0 Å². The van der Waals surface area contributed by atoms with Gasteiger partial charge in [-0.1, -0.05) is 36.4 Å². The first-order valence-electron chi connectivity index (χ1n) is 6.92. The van der Waals surface area contributed by atoms with Crippen LogP contribution in [0.5, 0.6) is 5.75 Å². The quantitative estimate of drug-likeness (QED) is 0.529. The average molecular weight is 261 g/mol. The summed E-state index contributed by atoms with van der Waals surface area (Å²) in [5, 5.41) is 14.6. The Labute approximate surface area is 116 Å². The first kappa shape index (κ1) is 11.4. The Morgan fingerprint density at radius 3 is 2.60 bits per heavy atom.